The minimum atomic E-state index is -0.128. The number of hydrogen-bond donors (Lipinski definition) is 1. The first-order chi connectivity index (χ1) is 13.0. The summed E-state index contributed by atoms with van der Waals surface area (Å²) in [6.45, 7) is 6.40. The highest BCUT2D eigenvalue weighted by Gasteiger charge is 2.35. The van der Waals surface area contributed by atoms with E-state index in [0.717, 1.165) is 31.4 Å². The molecule has 1 fully saturated rings. The molecular weight excluding hydrogens is 336 g/mol. The Morgan fingerprint density at radius 1 is 1.19 bits per heavy atom. The molecule has 0 spiro atoms. The number of likely N-dealkylation sites (tertiary alicyclic amines) is 1. The molecule has 1 heterocycles. The van der Waals surface area contributed by atoms with Gasteiger partial charge in [-0.05, 0) is 49.4 Å². The van der Waals surface area contributed by atoms with Gasteiger partial charge in [0.2, 0.25) is 5.91 Å². The number of aryl methyl sites for hydroxylation is 1. The second kappa shape index (κ2) is 8.38. The van der Waals surface area contributed by atoms with Gasteiger partial charge in [0, 0.05) is 36.7 Å². The molecular formula is C23H28N2O2. The Kier molecular flexibility index (Phi) is 5.94. The highest BCUT2D eigenvalue weighted by Crippen LogP contribution is 2.34. The summed E-state index contributed by atoms with van der Waals surface area (Å²) in [6.07, 6.45) is 3.07. The number of benzene rings is 2. The number of hydrogen-bond acceptors (Lipinski definition) is 2. The van der Waals surface area contributed by atoms with Gasteiger partial charge >= 0.3 is 0 Å². The summed E-state index contributed by atoms with van der Waals surface area (Å²) in [5.74, 6) is 0.272. The lowest BCUT2D eigenvalue weighted by atomic mass is 9.87. The molecule has 0 saturated carbocycles. The maximum absolute atomic E-state index is 13.3. The molecule has 0 radical (unpaired) electrons. The molecule has 2 aromatic carbocycles. The molecule has 27 heavy (non-hydrogen) atoms. The standard InChI is InChI=1S/C23H28N2O2/c1-4-20(18-9-6-5-7-10-18)22-11-8-14-25(22)23(27)19-13-12-16(2)21(15-19)24-17(3)26/h5-7,9-10,12-13,15,20,22H,4,8,11,14H2,1-3H3,(H,24,26)/t20-,22+/m1/s1. The van der Waals surface area contributed by atoms with Crippen LogP contribution in [0.5, 0.6) is 0 Å². The summed E-state index contributed by atoms with van der Waals surface area (Å²) in [6, 6.07) is 16.3. The van der Waals surface area contributed by atoms with Gasteiger partial charge < -0.3 is 10.2 Å². The Balaban J connectivity index is 1.86. The van der Waals surface area contributed by atoms with Crippen molar-refractivity contribution in [3.05, 3.63) is 65.2 Å². The molecule has 1 aliphatic rings. The molecule has 4 nitrogen and oxygen atoms in total. The van der Waals surface area contributed by atoms with Gasteiger partial charge in [-0.2, -0.15) is 0 Å². The predicted octanol–water partition coefficient (Wildman–Crippen LogP) is 4.75. The minimum Gasteiger partial charge on any atom is -0.335 e. The monoisotopic (exact) mass is 364 g/mol. The fourth-order valence-corrected chi connectivity index (χ4v) is 4.14. The largest absolute Gasteiger partial charge is 0.335 e. The second-order valence-electron chi connectivity index (χ2n) is 7.34. The van der Waals surface area contributed by atoms with Crippen LogP contribution in [0.3, 0.4) is 0 Å². The zero-order valence-corrected chi connectivity index (χ0v) is 16.4. The number of rotatable bonds is 5. The lowest BCUT2D eigenvalue weighted by Gasteiger charge is -2.32. The minimum absolute atomic E-state index is 0.0542. The van der Waals surface area contributed by atoms with Crippen LogP contribution in [0.1, 0.15) is 60.5 Å². The fourth-order valence-electron chi connectivity index (χ4n) is 4.14. The van der Waals surface area contributed by atoms with Gasteiger partial charge in [-0.25, -0.2) is 0 Å². The van der Waals surface area contributed by atoms with E-state index >= 15 is 0 Å². The molecule has 3 rings (SSSR count). The SMILES string of the molecule is CC[C@H](c1ccccc1)[C@@H]1CCCN1C(=O)c1ccc(C)c(NC(C)=O)c1. The van der Waals surface area contributed by atoms with E-state index in [0.29, 0.717) is 17.2 Å². The highest BCUT2D eigenvalue weighted by molar-refractivity contribution is 5.97. The molecule has 142 valence electrons. The van der Waals surface area contributed by atoms with Crippen molar-refractivity contribution < 1.29 is 9.59 Å². The van der Waals surface area contributed by atoms with Crippen molar-refractivity contribution in [2.45, 2.75) is 52.0 Å². The van der Waals surface area contributed by atoms with E-state index in [1.165, 1.54) is 12.5 Å². The number of nitrogens with zero attached hydrogens (tertiary/aromatic N) is 1. The van der Waals surface area contributed by atoms with Crippen molar-refractivity contribution in [3.8, 4) is 0 Å². The van der Waals surface area contributed by atoms with Gasteiger partial charge in [0.1, 0.15) is 0 Å². The number of anilines is 1. The van der Waals surface area contributed by atoms with E-state index in [2.05, 4.69) is 36.5 Å². The molecule has 0 bridgehead atoms. The van der Waals surface area contributed by atoms with E-state index in [4.69, 9.17) is 0 Å². The summed E-state index contributed by atoms with van der Waals surface area (Å²) in [4.78, 5) is 26.7. The van der Waals surface area contributed by atoms with Gasteiger partial charge in [0.25, 0.3) is 5.91 Å². The highest BCUT2D eigenvalue weighted by atomic mass is 16.2. The van der Waals surface area contributed by atoms with Crippen LogP contribution < -0.4 is 5.32 Å². The zero-order valence-electron chi connectivity index (χ0n) is 16.4. The quantitative estimate of drug-likeness (QED) is 0.832. The number of carbonyl (C=O) groups is 2. The van der Waals surface area contributed by atoms with E-state index in [-0.39, 0.29) is 17.9 Å². The predicted molar refractivity (Wildman–Crippen MR) is 109 cm³/mol. The Morgan fingerprint density at radius 3 is 2.59 bits per heavy atom. The van der Waals surface area contributed by atoms with Crippen LogP contribution in [-0.4, -0.2) is 29.3 Å². The van der Waals surface area contributed by atoms with Gasteiger partial charge in [-0.15, -0.1) is 0 Å². The Labute approximate surface area is 161 Å². The average Bonchev–Trinajstić information content (AvgIpc) is 3.13. The van der Waals surface area contributed by atoms with Crippen LogP contribution in [0.25, 0.3) is 0 Å². The van der Waals surface area contributed by atoms with Crippen molar-refractivity contribution in [1.82, 2.24) is 4.90 Å². The van der Waals surface area contributed by atoms with Crippen LogP contribution in [-0.2, 0) is 4.79 Å². The van der Waals surface area contributed by atoms with Crippen molar-refractivity contribution >= 4 is 17.5 Å². The lowest BCUT2D eigenvalue weighted by molar-refractivity contribution is -0.114. The van der Waals surface area contributed by atoms with Crippen LogP contribution in [0.4, 0.5) is 5.69 Å². The van der Waals surface area contributed by atoms with E-state index in [1.54, 1.807) is 6.07 Å². The number of amides is 2. The number of carbonyl (C=O) groups excluding carboxylic acids is 2. The van der Waals surface area contributed by atoms with Crippen LogP contribution in [0.15, 0.2) is 48.5 Å². The fraction of sp³-hybridized carbons (Fsp3) is 0.391. The second-order valence-corrected chi connectivity index (χ2v) is 7.34. The van der Waals surface area contributed by atoms with Gasteiger partial charge in [-0.3, -0.25) is 9.59 Å². The summed E-state index contributed by atoms with van der Waals surface area (Å²) in [5.41, 5.74) is 3.60. The maximum Gasteiger partial charge on any atom is 0.254 e. The Bertz CT molecular complexity index is 816. The number of nitrogens with one attached hydrogen (secondary N) is 1. The molecule has 1 aliphatic heterocycles. The van der Waals surface area contributed by atoms with Crippen molar-refractivity contribution in [3.63, 3.8) is 0 Å². The third-order valence-electron chi connectivity index (χ3n) is 5.49. The molecule has 0 aromatic heterocycles. The van der Waals surface area contributed by atoms with E-state index in [1.807, 2.05) is 30.0 Å². The molecule has 0 aliphatic carbocycles. The van der Waals surface area contributed by atoms with Gasteiger partial charge in [0.05, 0.1) is 0 Å². The molecule has 0 unspecified atom stereocenters. The normalized spacial score (nSPS) is 17.6. The van der Waals surface area contributed by atoms with Crippen molar-refractivity contribution in [2.75, 3.05) is 11.9 Å². The molecule has 4 heteroatoms. The van der Waals surface area contributed by atoms with Crippen LogP contribution in [0, 0.1) is 6.92 Å². The van der Waals surface area contributed by atoms with E-state index < -0.39 is 0 Å². The molecule has 2 aromatic rings. The molecule has 1 saturated heterocycles. The van der Waals surface area contributed by atoms with Crippen molar-refractivity contribution in [1.29, 1.82) is 0 Å². The zero-order chi connectivity index (χ0) is 19.4. The van der Waals surface area contributed by atoms with Crippen LogP contribution >= 0.6 is 0 Å². The Morgan fingerprint density at radius 2 is 1.93 bits per heavy atom. The molecule has 2 atom stereocenters. The first-order valence-electron chi connectivity index (χ1n) is 9.75. The van der Waals surface area contributed by atoms with Crippen LogP contribution in [0.2, 0.25) is 0 Å². The lowest BCUT2D eigenvalue weighted by Crippen LogP contribution is -2.39. The summed E-state index contributed by atoms with van der Waals surface area (Å²) < 4.78 is 0. The summed E-state index contributed by atoms with van der Waals surface area (Å²) in [5, 5.41) is 2.82. The van der Waals surface area contributed by atoms with Gasteiger partial charge in [-0.1, -0.05) is 43.3 Å². The Hall–Kier alpha value is -2.62. The summed E-state index contributed by atoms with van der Waals surface area (Å²) >= 11 is 0. The van der Waals surface area contributed by atoms with Gasteiger partial charge in [0.15, 0.2) is 0 Å². The third kappa shape index (κ3) is 4.21. The third-order valence-corrected chi connectivity index (χ3v) is 5.49. The average molecular weight is 364 g/mol. The first-order valence-corrected chi connectivity index (χ1v) is 9.75. The maximum atomic E-state index is 13.3. The first kappa shape index (κ1) is 19.2. The van der Waals surface area contributed by atoms with Crippen molar-refractivity contribution in [2.24, 2.45) is 0 Å². The van der Waals surface area contributed by atoms with E-state index in [9.17, 15) is 9.59 Å². The smallest absolute Gasteiger partial charge is 0.254 e. The molecule has 2 amide bonds. The molecule has 1 N–H and O–H groups in total. The summed E-state index contributed by atoms with van der Waals surface area (Å²) in [7, 11) is 0. The topological polar surface area (TPSA) is 49.4 Å².